The van der Waals surface area contributed by atoms with E-state index in [9.17, 15) is 4.79 Å². The molecule has 3 heteroatoms. The summed E-state index contributed by atoms with van der Waals surface area (Å²) in [7, 11) is 1.65. The molecule has 1 fully saturated rings. The maximum atomic E-state index is 11.8. The third kappa shape index (κ3) is 3.39. The Hall–Kier alpha value is -0.410. The van der Waals surface area contributed by atoms with Gasteiger partial charge in [0.05, 0.1) is 5.60 Å². The van der Waals surface area contributed by atoms with E-state index in [2.05, 4.69) is 0 Å². The SMILES string of the molecule is COC(C)(C)CC(=O)C1CCOCC1. The molecule has 0 bridgehead atoms. The van der Waals surface area contributed by atoms with E-state index in [4.69, 9.17) is 9.47 Å². The summed E-state index contributed by atoms with van der Waals surface area (Å²) >= 11 is 0. The predicted octanol–water partition coefficient (Wildman–Crippen LogP) is 1.80. The van der Waals surface area contributed by atoms with E-state index in [0.717, 1.165) is 26.1 Å². The van der Waals surface area contributed by atoms with Gasteiger partial charge in [-0.15, -0.1) is 0 Å². The minimum Gasteiger partial charge on any atom is -0.381 e. The Kier molecular flexibility index (Phi) is 4.08. The quantitative estimate of drug-likeness (QED) is 0.694. The highest BCUT2D eigenvalue weighted by molar-refractivity contribution is 5.81. The summed E-state index contributed by atoms with van der Waals surface area (Å²) in [6.07, 6.45) is 2.26. The van der Waals surface area contributed by atoms with Crippen LogP contribution in [-0.2, 0) is 14.3 Å². The minimum atomic E-state index is -0.324. The van der Waals surface area contributed by atoms with Gasteiger partial charge >= 0.3 is 0 Å². The molecule has 0 aromatic carbocycles. The van der Waals surface area contributed by atoms with Crippen molar-refractivity contribution < 1.29 is 14.3 Å². The van der Waals surface area contributed by atoms with Gasteiger partial charge in [-0.05, 0) is 26.7 Å². The Morgan fingerprint density at radius 1 is 1.43 bits per heavy atom. The molecule has 0 amide bonds. The summed E-state index contributed by atoms with van der Waals surface area (Å²) in [4.78, 5) is 11.8. The summed E-state index contributed by atoms with van der Waals surface area (Å²) in [6, 6.07) is 0. The molecule has 0 atom stereocenters. The smallest absolute Gasteiger partial charge is 0.139 e. The molecule has 1 aliphatic rings. The highest BCUT2D eigenvalue weighted by atomic mass is 16.5. The van der Waals surface area contributed by atoms with Crippen molar-refractivity contribution >= 4 is 5.78 Å². The van der Waals surface area contributed by atoms with Crippen molar-refractivity contribution in [3.05, 3.63) is 0 Å². The first-order chi connectivity index (χ1) is 6.55. The zero-order valence-electron chi connectivity index (χ0n) is 9.34. The van der Waals surface area contributed by atoms with Crippen molar-refractivity contribution in [3.8, 4) is 0 Å². The highest BCUT2D eigenvalue weighted by Crippen LogP contribution is 2.22. The van der Waals surface area contributed by atoms with Crippen LogP contribution in [0.3, 0.4) is 0 Å². The highest BCUT2D eigenvalue weighted by Gasteiger charge is 2.27. The largest absolute Gasteiger partial charge is 0.381 e. The number of carbonyl (C=O) groups is 1. The summed E-state index contributed by atoms with van der Waals surface area (Å²) in [5.41, 5.74) is -0.324. The van der Waals surface area contributed by atoms with Gasteiger partial charge in [0.2, 0.25) is 0 Å². The standard InChI is InChI=1S/C11H20O3/c1-11(2,13-3)8-10(12)9-4-6-14-7-5-9/h9H,4-8H2,1-3H3. The second-order valence-corrected chi connectivity index (χ2v) is 4.49. The molecular formula is C11H20O3. The first kappa shape index (κ1) is 11.7. The van der Waals surface area contributed by atoms with Crippen molar-refractivity contribution in [2.45, 2.75) is 38.7 Å². The zero-order valence-corrected chi connectivity index (χ0v) is 9.34. The Morgan fingerprint density at radius 2 is 2.00 bits per heavy atom. The summed E-state index contributed by atoms with van der Waals surface area (Å²) in [6.45, 7) is 5.35. The predicted molar refractivity (Wildman–Crippen MR) is 54.3 cm³/mol. The fourth-order valence-electron chi connectivity index (χ4n) is 1.66. The summed E-state index contributed by atoms with van der Waals surface area (Å²) < 4.78 is 10.5. The van der Waals surface area contributed by atoms with Crippen LogP contribution in [0.4, 0.5) is 0 Å². The zero-order chi connectivity index (χ0) is 10.6. The second-order valence-electron chi connectivity index (χ2n) is 4.49. The number of hydrogen-bond acceptors (Lipinski definition) is 3. The van der Waals surface area contributed by atoms with E-state index in [1.54, 1.807) is 7.11 Å². The molecule has 14 heavy (non-hydrogen) atoms. The van der Waals surface area contributed by atoms with Crippen LogP contribution < -0.4 is 0 Å². The number of methoxy groups -OCH3 is 1. The molecule has 82 valence electrons. The second kappa shape index (κ2) is 4.89. The van der Waals surface area contributed by atoms with Crippen molar-refractivity contribution in [2.75, 3.05) is 20.3 Å². The molecular weight excluding hydrogens is 180 g/mol. The Bertz CT molecular complexity index is 193. The fourth-order valence-corrected chi connectivity index (χ4v) is 1.66. The van der Waals surface area contributed by atoms with Gasteiger partial charge in [-0.25, -0.2) is 0 Å². The van der Waals surface area contributed by atoms with E-state index >= 15 is 0 Å². The van der Waals surface area contributed by atoms with Crippen LogP contribution in [0.1, 0.15) is 33.1 Å². The summed E-state index contributed by atoms with van der Waals surface area (Å²) in [5.74, 6) is 0.512. The number of ketones is 1. The first-order valence-electron chi connectivity index (χ1n) is 5.21. The third-order valence-electron chi connectivity index (χ3n) is 2.83. The topological polar surface area (TPSA) is 35.5 Å². The number of hydrogen-bond donors (Lipinski definition) is 0. The third-order valence-corrected chi connectivity index (χ3v) is 2.83. The number of rotatable bonds is 4. The molecule has 3 nitrogen and oxygen atoms in total. The van der Waals surface area contributed by atoms with Gasteiger partial charge in [0.1, 0.15) is 5.78 Å². The van der Waals surface area contributed by atoms with Crippen LogP contribution in [0.15, 0.2) is 0 Å². The van der Waals surface area contributed by atoms with Crippen LogP contribution in [-0.4, -0.2) is 31.7 Å². The van der Waals surface area contributed by atoms with E-state index < -0.39 is 0 Å². The van der Waals surface area contributed by atoms with Gasteiger partial charge in [-0.2, -0.15) is 0 Å². The number of Topliss-reactive ketones (excluding diaryl/α,β-unsaturated/α-hetero) is 1. The van der Waals surface area contributed by atoms with Crippen LogP contribution in [0.2, 0.25) is 0 Å². The number of carbonyl (C=O) groups excluding carboxylic acids is 1. The lowest BCUT2D eigenvalue weighted by Crippen LogP contribution is -2.32. The molecule has 0 spiro atoms. The maximum Gasteiger partial charge on any atom is 0.139 e. The van der Waals surface area contributed by atoms with E-state index in [0.29, 0.717) is 12.2 Å². The lowest BCUT2D eigenvalue weighted by Gasteiger charge is -2.26. The van der Waals surface area contributed by atoms with Gasteiger partial charge in [-0.1, -0.05) is 0 Å². The molecule has 1 aliphatic heterocycles. The van der Waals surface area contributed by atoms with Crippen LogP contribution >= 0.6 is 0 Å². The molecule has 0 aromatic heterocycles. The summed E-state index contributed by atoms with van der Waals surface area (Å²) in [5, 5.41) is 0. The molecule has 0 saturated carbocycles. The normalized spacial score (nSPS) is 19.6. The Labute approximate surface area is 85.8 Å². The van der Waals surface area contributed by atoms with Crippen LogP contribution in [0.25, 0.3) is 0 Å². The van der Waals surface area contributed by atoms with Gasteiger partial charge in [0.15, 0.2) is 0 Å². The fraction of sp³-hybridized carbons (Fsp3) is 0.909. The maximum absolute atomic E-state index is 11.8. The molecule has 1 heterocycles. The molecule has 1 rings (SSSR count). The first-order valence-corrected chi connectivity index (χ1v) is 5.21. The molecule has 0 aliphatic carbocycles. The van der Waals surface area contributed by atoms with Crippen LogP contribution in [0.5, 0.6) is 0 Å². The van der Waals surface area contributed by atoms with Crippen molar-refractivity contribution in [1.82, 2.24) is 0 Å². The average Bonchev–Trinajstić information content (AvgIpc) is 2.19. The van der Waals surface area contributed by atoms with Gasteiger partial charge in [0, 0.05) is 32.7 Å². The van der Waals surface area contributed by atoms with E-state index in [1.807, 2.05) is 13.8 Å². The van der Waals surface area contributed by atoms with E-state index in [-0.39, 0.29) is 11.5 Å². The van der Waals surface area contributed by atoms with Crippen LogP contribution in [0, 0.1) is 5.92 Å². The Morgan fingerprint density at radius 3 is 2.50 bits per heavy atom. The van der Waals surface area contributed by atoms with Crippen molar-refractivity contribution in [3.63, 3.8) is 0 Å². The monoisotopic (exact) mass is 200 g/mol. The molecule has 0 unspecified atom stereocenters. The average molecular weight is 200 g/mol. The molecule has 0 radical (unpaired) electrons. The van der Waals surface area contributed by atoms with Crippen molar-refractivity contribution in [1.29, 1.82) is 0 Å². The number of ether oxygens (including phenoxy) is 2. The minimum absolute atomic E-state index is 0.193. The van der Waals surface area contributed by atoms with Gasteiger partial charge in [0.25, 0.3) is 0 Å². The van der Waals surface area contributed by atoms with E-state index in [1.165, 1.54) is 0 Å². The Balaban J connectivity index is 2.40. The van der Waals surface area contributed by atoms with Crippen molar-refractivity contribution in [2.24, 2.45) is 5.92 Å². The molecule has 0 aromatic rings. The van der Waals surface area contributed by atoms with Gasteiger partial charge < -0.3 is 9.47 Å². The van der Waals surface area contributed by atoms with Gasteiger partial charge in [-0.3, -0.25) is 4.79 Å². The lowest BCUT2D eigenvalue weighted by atomic mass is 9.88. The lowest BCUT2D eigenvalue weighted by molar-refractivity contribution is -0.130. The molecule has 1 saturated heterocycles. The molecule has 0 N–H and O–H groups in total.